The van der Waals surface area contributed by atoms with E-state index in [1.165, 1.54) is 5.56 Å². The molecule has 0 aromatic carbocycles. The van der Waals surface area contributed by atoms with Gasteiger partial charge in [0.2, 0.25) is 5.95 Å². The Bertz CT molecular complexity index is 547. The molecule has 2 heterocycles. The Kier molecular flexibility index (Phi) is 3.94. The second-order valence-electron chi connectivity index (χ2n) is 4.62. The molecule has 5 nitrogen and oxygen atoms in total. The SMILES string of the molecule is CC[C@H](Nc1cc(C)nc(N)n1)c1cc(C)ccn1. The maximum atomic E-state index is 5.66. The van der Waals surface area contributed by atoms with Gasteiger partial charge in [-0.25, -0.2) is 4.98 Å². The van der Waals surface area contributed by atoms with Crippen molar-refractivity contribution in [2.75, 3.05) is 11.1 Å². The van der Waals surface area contributed by atoms with E-state index in [-0.39, 0.29) is 12.0 Å². The third-order valence-corrected chi connectivity index (χ3v) is 2.90. The van der Waals surface area contributed by atoms with Crippen molar-refractivity contribution >= 4 is 11.8 Å². The van der Waals surface area contributed by atoms with E-state index in [2.05, 4.69) is 40.2 Å². The zero-order valence-electron chi connectivity index (χ0n) is 11.5. The normalized spacial score (nSPS) is 12.2. The van der Waals surface area contributed by atoms with E-state index in [0.29, 0.717) is 0 Å². The number of nitrogen functional groups attached to an aromatic ring is 1. The average Bonchev–Trinajstić information content (AvgIpc) is 2.34. The number of aryl methyl sites for hydroxylation is 2. The van der Waals surface area contributed by atoms with Gasteiger partial charge in [0.25, 0.3) is 0 Å². The summed E-state index contributed by atoms with van der Waals surface area (Å²) in [5, 5.41) is 3.36. The van der Waals surface area contributed by atoms with E-state index < -0.39 is 0 Å². The molecule has 0 unspecified atom stereocenters. The Hall–Kier alpha value is -2.17. The minimum absolute atomic E-state index is 0.119. The van der Waals surface area contributed by atoms with Crippen LogP contribution in [0.4, 0.5) is 11.8 Å². The van der Waals surface area contributed by atoms with Gasteiger partial charge in [-0.05, 0) is 38.0 Å². The Morgan fingerprint density at radius 2 is 2.05 bits per heavy atom. The summed E-state index contributed by atoms with van der Waals surface area (Å²) < 4.78 is 0. The summed E-state index contributed by atoms with van der Waals surface area (Å²) in [7, 11) is 0. The molecule has 0 aliphatic carbocycles. The van der Waals surface area contributed by atoms with Gasteiger partial charge in [0.15, 0.2) is 0 Å². The summed E-state index contributed by atoms with van der Waals surface area (Å²) in [6.45, 7) is 6.07. The molecule has 1 atom stereocenters. The van der Waals surface area contributed by atoms with Crippen LogP contribution in [-0.2, 0) is 0 Å². The molecule has 0 saturated heterocycles. The van der Waals surface area contributed by atoms with Crippen LogP contribution in [0.5, 0.6) is 0 Å². The van der Waals surface area contributed by atoms with E-state index in [1.807, 2.05) is 25.3 Å². The quantitative estimate of drug-likeness (QED) is 0.880. The second-order valence-corrected chi connectivity index (χ2v) is 4.62. The smallest absolute Gasteiger partial charge is 0.222 e. The minimum atomic E-state index is 0.119. The van der Waals surface area contributed by atoms with Gasteiger partial charge in [0.05, 0.1) is 11.7 Å². The number of nitrogens with two attached hydrogens (primary N) is 1. The molecule has 0 radical (unpaired) electrons. The van der Waals surface area contributed by atoms with Crippen molar-refractivity contribution in [3.8, 4) is 0 Å². The van der Waals surface area contributed by atoms with Gasteiger partial charge in [-0.3, -0.25) is 4.98 Å². The highest BCUT2D eigenvalue weighted by molar-refractivity contribution is 5.42. The number of pyridine rings is 1. The first kappa shape index (κ1) is 13.3. The highest BCUT2D eigenvalue weighted by atomic mass is 15.1. The van der Waals surface area contributed by atoms with E-state index in [0.717, 1.165) is 23.6 Å². The maximum absolute atomic E-state index is 5.66. The number of hydrogen-bond acceptors (Lipinski definition) is 5. The van der Waals surface area contributed by atoms with Gasteiger partial charge in [-0.15, -0.1) is 0 Å². The molecule has 100 valence electrons. The second kappa shape index (κ2) is 5.65. The van der Waals surface area contributed by atoms with Gasteiger partial charge in [0.1, 0.15) is 5.82 Å². The van der Waals surface area contributed by atoms with Crippen LogP contribution < -0.4 is 11.1 Å². The Morgan fingerprint density at radius 1 is 1.26 bits per heavy atom. The molecular formula is C14H19N5. The summed E-state index contributed by atoms with van der Waals surface area (Å²) in [5.41, 5.74) is 8.72. The molecule has 0 spiro atoms. The highest BCUT2D eigenvalue weighted by Gasteiger charge is 2.12. The van der Waals surface area contributed by atoms with Crippen molar-refractivity contribution < 1.29 is 0 Å². The van der Waals surface area contributed by atoms with Crippen LogP contribution in [0.15, 0.2) is 24.4 Å². The molecular weight excluding hydrogens is 238 g/mol. The summed E-state index contributed by atoms with van der Waals surface area (Å²) in [4.78, 5) is 12.7. The predicted molar refractivity (Wildman–Crippen MR) is 76.8 cm³/mol. The van der Waals surface area contributed by atoms with Crippen LogP contribution in [0, 0.1) is 13.8 Å². The van der Waals surface area contributed by atoms with Crippen molar-refractivity contribution in [2.24, 2.45) is 0 Å². The predicted octanol–water partition coefficient (Wildman–Crippen LogP) is 2.63. The Balaban J connectivity index is 2.23. The van der Waals surface area contributed by atoms with E-state index >= 15 is 0 Å². The lowest BCUT2D eigenvalue weighted by Gasteiger charge is -2.17. The lowest BCUT2D eigenvalue weighted by atomic mass is 10.1. The fourth-order valence-electron chi connectivity index (χ4n) is 1.98. The topological polar surface area (TPSA) is 76.7 Å². The van der Waals surface area contributed by atoms with Crippen molar-refractivity contribution in [3.63, 3.8) is 0 Å². The third-order valence-electron chi connectivity index (χ3n) is 2.90. The summed E-state index contributed by atoms with van der Waals surface area (Å²) in [6, 6.07) is 6.07. The van der Waals surface area contributed by atoms with E-state index in [1.54, 1.807) is 0 Å². The van der Waals surface area contributed by atoms with Gasteiger partial charge in [-0.1, -0.05) is 6.92 Å². The van der Waals surface area contributed by atoms with Crippen molar-refractivity contribution in [1.82, 2.24) is 15.0 Å². The monoisotopic (exact) mass is 257 g/mol. The molecule has 2 rings (SSSR count). The molecule has 0 fully saturated rings. The van der Waals surface area contributed by atoms with Crippen LogP contribution >= 0.6 is 0 Å². The Labute approximate surface area is 113 Å². The lowest BCUT2D eigenvalue weighted by Crippen LogP contribution is -2.13. The fourth-order valence-corrected chi connectivity index (χ4v) is 1.98. The number of anilines is 2. The van der Waals surface area contributed by atoms with Crippen LogP contribution in [0.25, 0.3) is 0 Å². The van der Waals surface area contributed by atoms with Gasteiger partial charge in [0, 0.05) is 18.0 Å². The molecule has 2 aromatic heterocycles. The zero-order chi connectivity index (χ0) is 13.8. The first-order valence-corrected chi connectivity index (χ1v) is 6.38. The maximum Gasteiger partial charge on any atom is 0.222 e. The molecule has 0 bridgehead atoms. The highest BCUT2D eigenvalue weighted by Crippen LogP contribution is 2.21. The molecule has 0 amide bonds. The number of aromatic nitrogens is 3. The van der Waals surface area contributed by atoms with E-state index in [4.69, 9.17) is 5.73 Å². The van der Waals surface area contributed by atoms with Gasteiger partial charge < -0.3 is 11.1 Å². The van der Waals surface area contributed by atoms with Crippen LogP contribution in [0.3, 0.4) is 0 Å². The third kappa shape index (κ3) is 3.40. The average molecular weight is 257 g/mol. The lowest BCUT2D eigenvalue weighted by molar-refractivity contribution is 0.717. The van der Waals surface area contributed by atoms with Crippen molar-refractivity contribution in [2.45, 2.75) is 33.2 Å². The first-order chi connectivity index (χ1) is 9.08. The number of nitrogens with one attached hydrogen (secondary N) is 1. The standard InChI is InChI=1S/C14H19N5/c1-4-11(12-7-9(2)5-6-16-12)18-13-8-10(3)17-14(15)19-13/h5-8,11H,4H2,1-3H3,(H3,15,17,18,19)/t11-/m0/s1. The van der Waals surface area contributed by atoms with Crippen molar-refractivity contribution in [3.05, 3.63) is 41.3 Å². The summed E-state index contributed by atoms with van der Waals surface area (Å²) >= 11 is 0. The first-order valence-electron chi connectivity index (χ1n) is 6.38. The summed E-state index contributed by atoms with van der Waals surface area (Å²) in [6.07, 6.45) is 2.74. The molecule has 0 aliphatic heterocycles. The fraction of sp³-hybridized carbons (Fsp3) is 0.357. The zero-order valence-corrected chi connectivity index (χ0v) is 11.5. The van der Waals surface area contributed by atoms with Gasteiger partial charge in [-0.2, -0.15) is 4.98 Å². The molecule has 3 N–H and O–H groups in total. The largest absolute Gasteiger partial charge is 0.368 e. The molecule has 5 heteroatoms. The number of rotatable bonds is 4. The molecule has 2 aromatic rings. The molecule has 19 heavy (non-hydrogen) atoms. The van der Waals surface area contributed by atoms with Crippen LogP contribution in [0.1, 0.15) is 36.3 Å². The van der Waals surface area contributed by atoms with Crippen LogP contribution in [-0.4, -0.2) is 15.0 Å². The van der Waals surface area contributed by atoms with Crippen LogP contribution in [0.2, 0.25) is 0 Å². The molecule has 0 saturated carbocycles. The number of nitrogens with zero attached hydrogens (tertiary/aromatic N) is 3. The summed E-state index contributed by atoms with van der Waals surface area (Å²) in [5.74, 6) is 1.02. The number of hydrogen-bond donors (Lipinski definition) is 2. The van der Waals surface area contributed by atoms with E-state index in [9.17, 15) is 0 Å². The van der Waals surface area contributed by atoms with Gasteiger partial charge >= 0.3 is 0 Å². The minimum Gasteiger partial charge on any atom is -0.368 e. The van der Waals surface area contributed by atoms with Crippen molar-refractivity contribution in [1.29, 1.82) is 0 Å². The molecule has 0 aliphatic rings. The Morgan fingerprint density at radius 3 is 2.68 bits per heavy atom.